The highest BCUT2D eigenvalue weighted by atomic mass is 14.4. The highest BCUT2D eigenvalue weighted by Gasteiger charge is 2.42. The molecule has 8 aromatic rings. The minimum atomic E-state index is 0.0886. The summed E-state index contributed by atoms with van der Waals surface area (Å²) < 4.78 is 0. The molecule has 10 rings (SSSR count). The summed E-state index contributed by atoms with van der Waals surface area (Å²) in [6, 6.07) is 30.9. The predicted octanol–water partition coefficient (Wildman–Crippen LogP) is 21.5. The number of hydrogen-bond acceptors (Lipinski definition) is 0. The van der Waals surface area contributed by atoms with Crippen molar-refractivity contribution in [3.8, 4) is 44.5 Å². The molecular weight excluding hydrogens is 913 g/mol. The fourth-order valence-electron chi connectivity index (χ4n) is 13.1. The Bertz CT molecular complexity index is 3300. The summed E-state index contributed by atoms with van der Waals surface area (Å²) in [6.07, 6.45) is 0. The van der Waals surface area contributed by atoms with Crippen molar-refractivity contribution in [3.63, 3.8) is 0 Å². The topological polar surface area (TPSA) is 0 Å². The van der Waals surface area contributed by atoms with E-state index in [2.05, 4.69) is 265 Å². The third-order valence-electron chi connectivity index (χ3n) is 19.5. The molecule has 0 heterocycles. The molecule has 2 aliphatic rings. The molecular formula is C76H92. The van der Waals surface area contributed by atoms with Gasteiger partial charge in [0.15, 0.2) is 0 Å². The molecule has 0 fully saturated rings. The Labute approximate surface area is 462 Å². The molecule has 0 spiro atoms. The van der Waals surface area contributed by atoms with Gasteiger partial charge in [0.1, 0.15) is 0 Å². The summed E-state index contributed by atoms with van der Waals surface area (Å²) in [6.45, 7) is 59.2. The molecule has 0 radical (unpaired) electrons. The van der Waals surface area contributed by atoms with E-state index in [0.29, 0.717) is 0 Å². The number of benzene rings is 8. The van der Waals surface area contributed by atoms with Gasteiger partial charge in [-0.3, -0.25) is 0 Å². The molecule has 0 heteroatoms. The van der Waals surface area contributed by atoms with Gasteiger partial charge >= 0.3 is 0 Å². The van der Waals surface area contributed by atoms with Crippen LogP contribution < -0.4 is 0 Å². The number of hydrogen-bond donors (Lipinski definition) is 0. The maximum Gasteiger partial charge on any atom is 0.0164 e. The molecule has 8 aromatic carbocycles. The summed E-state index contributed by atoms with van der Waals surface area (Å²) in [5.41, 5.74) is 49.1. The maximum atomic E-state index is 2.42. The molecule has 0 saturated carbocycles. The minimum Gasteiger partial charge on any atom is -0.0587 e. The maximum absolute atomic E-state index is 2.42. The van der Waals surface area contributed by atoms with Gasteiger partial charge in [-0.05, 0) is 319 Å². The Morgan fingerprint density at radius 1 is 0.211 bits per heavy atom. The molecule has 2 aliphatic carbocycles. The summed E-state index contributed by atoms with van der Waals surface area (Å²) >= 11 is 0. The Hall–Kier alpha value is -6.24. The highest BCUT2D eigenvalue weighted by molar-refractivity contribution is 5.90. The van der Waals surface area contributed by atoms with Crippen molar-refractivity contribution in [1.29, 1.82) is 0 Å². The third kappa shape index (κ3) is 9.78. The van der Waals surface area contributed by atoms with E-state index in [4.69, 9.17) is 0 Å². The summed E-state index contributed by atoms with van der Waals surface area (Å²) in [4.78, 5) is 0. The second kappa shape index (κ2) is 21.3. The van der Waals surface area contributed by atoms with Crippen LogP contribution in [-0.4, -0.2) is 0 Å². The molecule has 0 amide bonds. The lowest BCUT2D eigenvalue weighted by Crippen LogP contribution is -2.19. The summed E-state index contributed by atoms with van der Waals surface area (Å²) in [5, 5.41) is 0. The van der Waals surface area contributed by atoms with E-state index in [1.54, 1.807) is 11.1 Å². The first-order valence-corrected chi connectivity index (χ1v) is 28.1. The first-order valence-electron chi connectivity index (χ1n) is 28.1. The van der Waals surface area contributed by atoms with Crippen LogP contribution in [0.25, 0.3) is 44.5 Å². The van der Waals surface area contributed by atoms with E-state index in [1.807, 2.05) is 0 Å². The minimum absolute atomic E-state index is 0.0886. The molecule has 0 bridgehead atoms. The van der Waals surface area contributed by atoms with Crippen LogP contribution in [0.15, 0.2) is 84.9 Å². The Morgan fingerprint density at radius 2 is 0.434 bits per heavy atom. The predicted molar refractivity (Wildman–Crippen MR) is 336 cm³/mol. The van der Waals surface area contributed by atoms with Crippen LogP contribution in [0.1, 0.15) is 172 Å². The molecule has 0 aromatic heterocycles. The van der Waals surface area contributed by atoms with E-state index in [1.165, 1.54) is 178 Å². The lowest BCUT2D eigenvalue weighted by Gasteiger charge is -2.28. The lowest BCUT2D eigenvalue weighted by molar-refractivity contribution is 0.648. The van der Waals surface area contributed by atoms with Gasteiger partial charge < -0.3 is 0 Å². The number of fused-ring (bicyclic) bond motifs is 6. The quantitative estimate of drug-likeness (QED) is 0.162. The van der Waals surface area contributed by atoms with E-state index in [-0.39, 0.29) is 10.8 Å². The van der Waals surface area contributed by atoms with Crippen LogP contribution in [-0.2, 0) is 10.8 Å². The van der Waals surface area contributed by atoms with Gasteiger partial charge in [0.05, 0.1) is 0 Å². The number of aryl methyl sites for hydroxylation is 4. The van der Waals surface area contributed by atoms with Gasteiger partial charge in [0, 0.05) is 10.8 Å². The molecule has 0 saturated heterocycles. The highest BCUT2D eigenvalue weighted by Crippen LogP contribution is 2.56. The van der Waals surface area contributed by atoms with E-state index >= 15 is 0 Å². The smallest absolute Gasteiger partial charge is 0.0164 e. The summed E-state index contributed by atoms with van der Waals surface area (Å²) in [5.74, 6) is 0. The SMILES string of the molecule is Cc1c(C)c(C)c(-c2c(C)c(C)c(C)c(C)c2C)c(C)c1C.Cc1c(C)c(C)c2c(c1C)-c1c(C)c(C)c(C)c(C)c1C2(C)C.Cc1ccc(-c2ccc(C)cc2)cc1.Cc1ccc2c(c1)C(C)(C)c1cc(C)ccc1-2. The van der Waals surface area contributed by atoms with Crippen molar-refractivity contribution in [2.75, 3.05) is 0 Å². The van der Waals surface area contributed by atoms with Crippen LogP contribution in [0.3, 0.4) is 0 Å². The molecule has 0 nitrogen and oxygen atoms in total. The van der Waals surface area contributed by atoms with Crippen molar-refractivity contribution in [2.45, 2.75) is 191 Å². The summed E-state index contributed by atoms with van der Waals surface area (Å²) in [7, 11) is 0. The zero-order valence-electron chi connectivity index (χ0n) is 52.1. The first kappa shape index (κ1) is 57.5. The van der Waals surface area contributed by atoms with Crippen LogP contribution in [0.5, 0.6) is 0 Å². The molecule has 0 aliphatic heterocycles. The zero-order valence-corrected chi connectivity index (χ0v) is 52.1. The van der Waals surface area contributed by atoms with Crippen molar-refractivity contribution in [2.24, 2.45) is 0 Å². The van der Waals surface area contributed by atoms with Crippen LogP contribution in [0, 0.1) is 152 Å². The van der Waals surface area contributed by atoms with E-state index < -0.39 is 0 Å². The van der Waals surface area contributed by atoms with Gasteiger partial charge in [0.25, 0.3) is 0 Å². The van der Waals surface area contributed by atoms with Crippen molar-refractivity contribution >= 4 is 0 Å². The standard InChI is InChI=1S/C23H30.C22H30.C17H18.C14H14/c1-11-13(3)17(7)21-19(15(11)5)20-16(6)12(2)14(4)18(8)22(20)23(21,9)10;1-11-13(3)17(7)21(18(8)14(11)4)22-19(9)15(5)12(2)16(6)20(22)10;1-11-5-7-13-14-8-6-12(2)10-16(14)17(3,4)15(13)9-11;1-11-3-7-13(8-4-11)14-9-5-12(2)6-10-14/h1-10H3;1-10H3;5-10H,1-4H3;3-10H,1-2H3. The average Bonchev–Trinajstić information content (AvgIpc) is 3.84. The Kier molecular flexibility index (Phi) is 16.1. The third-order valence-corrected chi connectivity index (χ3v) is 19.5. The van der Waals surface area contributed by atoms with E-state index in [9.17, 15) is 0 Å². The molecule has 0 atom stereocenters. The normalized spacial score (nSPS) is 13.1. The van der Waals surface area contributed by atoms with Crippen LogP contribution in [0.2, 0.25) is 0 Å². The fraction of sp³-hybridized carbons (Fsp3) is 0.368. The van der Waals surface area contributed by atoms with Crippen molar-refractivity contribution in [1.82, 2.24) is 0 Å². The van der Waals surface area contributed by atoms with Crippen molar-refractivity contribution < 1.29 is 0 Å². The van der Waals surface area contributed by atoms with Gasteiger partial charge in [-0.15, -0.1) is 0 Å². The Morgan fingerprint density at radius 3 is 0.711 bits per heavy atom. The Balaban J connectivity index is 0.000000150. The first-order chi connectivity index (χ1) is 35.4. The van der Waals surface area contributed by atoms with Crippen molar-refractivity contribution in [3.05, 3.63) is 230 Å². The van der Waals surface area contributed by atoms with Gasteiger partial charge in [-0.2, -0.15) is 0 Å². The van der Waals surface area contributed by atoms with E-state index in [0.717, 1.165) is 0 Å². The fourth-order valence-corrected chi connectivity index (χ4v) is 13.1. The monoisotopic (exact) mass is 1000 g/mol. The lowest BCUT2D eigenvalue weighted by atomic mass is 9.76. The molecule has 0 unspecified atom stereocenters. The second-order valence-electron chi connectivity index (χ2n) is 24.6. The largest absolute Gasteiger partial charge is 0.0587 e. The van der Waals surface area contributed by atoms with Crippen LogP contribution in [0.4, 0.5) is 0 Å². The number of rotatable bonds is 2. The van der Waals surface area contributed by atoms with Gasteiger partial charge in [-0.25, -0.2) is 0 Å². The second-order valence-corrected chi connectivity index (χ2v) is 24.6. The van der Waals surface area contributed by atoms with Gasteiger partial charge in [-0.1, -0.05) is 135 Å². The molecule has 396 valence electrons. The molecule has 76 heavy (non-hydrogen) atoms. The zero-order chi connectivity index (χ0) is 56.5. The van der Waals surface area contributed by atoms with Crippen LogP contribution >= 0.6 is 0 Å². The average molecular weight is 1010 g/mol. The molecule has 0 N–H and O–H groups in total. The van der Waals surface area contributed by atoms with Gasteiger partial charge in [0.2, 0.25) is 0 Å².